The highest BCUT2D eigenvalue weighted by atomic mass is 16.4. The van der Waals surface area contributed by atoms with Gasteiger partial charge in [-0.3, -0.25) is 4.79 Å². The third-order valence-corrected chi connectivity index (χ3v) is 8.43. The highest BCUT2D eigenvalue weighted by molar-refractivity contribution is 5.73. The van der Waals surface area contributed by atoms with E-state index in [9.17, 15) is 15.0 Å². The highest BCUT2D eigenvalue weighted by Crippen LogP contribution is 2.61. The molecule has 28 heavy (non-hydrogen) atoms. The second-order valence-electron chi connectivity index (χ2n) is 10.4. The number of hydrogen-bond acceptors (Lipinski definition) is 3. The minimum atomic E-state index is -0.711. The van der Waals surface area contributed by atoms with Crippen molar-refractivity contribution in [3.8, 4) is 5.75 Å². The molecule has 3 aliphatic rings. The van der Waals surface area contributed by atoms with Crippen LogP contribution in [0, 0.1) is 22.7 Å². The summed E-state index contributed by atoms with van der Waals surface area (Å²) >= 11 is 0. The van der Waals surface area contributed by atoms with E-state index in [-0.39, 0.29) is 0 Å². The molecular weight excluding hydrogens is 350 g/mol. The van der Waals surface area contributed by atoms with E-state index in [4.69, 9.17) is 0 Å². The predicted molar refractivity (Wildman–Crippen MR) is 111 cm³/mol. The molecule has 0 radical (unpaired) electrons. The molecule has 4 nitrogen and oxygen atoms in total. The van der Waals surface area contributed by atoms with E-state index in [1.807, 2.05) is 26.0 Å². The molecule has 3 aliphatic carbocycles. The Morgan fingerprint density at radius 2 is 2.04 bits per heavy atom. The van der Waals surface area contributed by atoms with Gasteiger partial charge in [-0.05, 0) is 112 Å². The topological polar surface area (TPSA) is 69.6 Å². The summed E-state index contributed by atoms with van der Waals surface area (Å²) in [6.45, 7) is 6.90. The van der Waals surface area contributed by atoms with Crippen molar-refractivity contribution in [2.24, 2.45) is 22.7 Å². The average Bonchev–Trinajstić information content (AvgIpc) is 2.97. The van der Waals surface area contributed by atoms with Crippen LogP contribution in [0.4, 0.5) is 0 Å². The monoisotopic (exact) mass is 385 g/mol. The van der Waals surface area contributed by atoms with Gasteiger partial charge in [-0.2, -0.15) is 0 Å². The van der Waals surface area contributed by atoms with Crippen LogP contribution < -0.4 is 5.32 Å². The number of benzene rings is 1. The Balaban J connectivity index is 1.45. The lowest BCUT2D eigenvalue weighted by Gasteiger charge is -2.51. The van der Waals surface area contributed by atoms with Crippen LogP contribution in [-0.4, -0.2) is 28.8 Å². The van der Waals surface area contributed by atoms with Crippen LogP contribution in [0.1, 0.15) is 76.3 Å². The van der Waals surface area contributed by atoms with Gasteiger partial charge in [-0.25, -0.2) is 0 Å². The third-order valence-electron chi connectivity index (χ3n) is 8.43. The lowest BCUT2D eigenvalue weighted by molar-refractivity contribution is -0.147. The maximum Gasteiger partial charge on any atom is 0.309 e. The van der Waals surface area contributed by atoms with E-state index < -0.39 is 11.4 Å². The van der Waals surface area contributed by atoms with Gasteiger partial charge in [-0.1, -0.05) is 13.0 Å². The van der Waals surface area contributed by atoms with E-state index in [1.54, 1.807) is 0 Å². The highest BCUT2D eigenvalue weighted by Gasteiger charge is 2.54. The zero-order valence-electron chi connectivity index (χ0n) is 17.5. The Bertz CT molecular complexity index is 758. The van der Waals surface area contributed by atoms with Crippen molar-refractivity contribution in [1.29, 1.82) is 0 Å². The summed E-state index contributed by atoms with van der Waals surface area (Å²) in [4.78, 5) is 11.4. The molecule has 0 aromatic heterocycles. The Morgan fingerprint density at radius 1 is 1.25 bits per heavy atom. The number of phenolic OH excluding ortho intramolecular Hbond substituents is 1. The molecular formula is C24H35NO3. The van der Waals surface area contributed by atoms with Crippen molar-refractivity contribution in [3.63, 3.8) is 0 Å². The van der Waals surface area contributed by atoms with Gasteiger partial charge in [0, 0.05) is 6.04 Å². The van der Waals surface area contributed by atoms with Crippen LogP contribution in [0.15, 0.2) is 18.2 Å². The largest absolute Gasteiger partial charge is 0.508 e. The average molecular weight is 386 g/mol. The number of nitrogens with one attached hydrogen (secondary N) is 1. The summed E-state index contributed by atoms with van der Waals surface area (Å²) in [6, 6.07) is 6.51. The molecule has 4 heteroatoms. The number of carboxylic acid groups (broad SMARTS) is 1. The van der Waals surface area contributed by atoms with Crippen molar-refractivity contribution in [2.45, 2.75) is 77.7 Å². The normalized spacial score (nSPS) is 34.4. The minimum Gasteiger partial charge on any atom is -0.508 e. The molecule has 5 atom stereocenters. The van der Waals surface area contributed by atoms with Gasteiger partial charge in [-0.15, -0.1) is 0 Å². The molecule has 0 aliphatic heterocycles. The van der Waals surface area contributed by atoms with Crippen LogP contribution >= 0.6 is 0 Å². The van der Waals surface area contributed by atoms with Gasteiger partial charge >= 0.3 is 5.97 Å². The Morgan fingerprint density at radius 3 is 2.79 bits per heavy atom. The maximum atomic E-state index is 11.4. The number of fused-ring (bicyclic) bond motifs is 5. The number of aliphatic carboxylic acids is 1. The molecule has 1 aromatic carbocycles. The fourth-order valence-corrected chi connectivity index (χ4v) is 6.57. The Labute approximate surface area is 168 Å². The Hall–Kier alpha value is -1.55. The predicted octanol–water partition coefficient (Wildman–Crippen LogP) is 4.71. The van der Waals surface area contributed by atoms with E-state index in [1.165, 1.54) is 43.2 Å². The molecule has 0 saturated heterocycles. The fraction of sp³-hybridized carbons (Fsp3) is 0.708. The number of carboxylic acids is 1. The van der Waals surface area contributed by atoms with Crippen LogP contribution in [-0.2, 0) is 11.2 Å². The summed E-state index contributed by atoms with van der Waals surface area (Å²) in [6.07, 6.45) is 7.95. The number of hydrogen-bond donors (Lipinski definition) is 3. The zero-order valence-corrected chi connectivity index (χ0v) is 17.5. The first-order valence-corrected chi connectivity index (χ1v) is 11.0. The van der Waals surface area contributed by atoms with Crippen LogP contribution in [0.5, 0.6) is 5.75 Å². The molecule has 1 aromatic rings. The van der Waals surface area contributed by atoms with E-state index in [0.717, 1.165) is 24.8 Å². The summed E-state index contributed by atoms with van der Waals surface area (Å²) in [5.74, 6) is 1.83. The van der Waals surface area contributed by atoms with Gasteiger partial charge in [0.1, 0.15) is 5.75 Å². The molecule has 2 fully saturated rings. The first kappa shape index (κ1) is 19.8. The molecule has 0 spiro atoms. The van der Waals surface area contributed by atoms with E-state index >= 15 is 0 Å². The zero-order chi connectivity index (χ0) is 20.1. The van der Waals surface area contributed by atoms with Crippen molar-refractivity contribution >= 4 is 5.97 Å². The number of aryl methyl sites for hydroxylation is 1. The van der Waals surface area contributed by atoms with Crippen LogP contribution in [0.3, 0.4) is 0 Å². The SMILES string of the molecule is CC(C)(CCNC1CCC2C3CCc4cc(O)ccc4C3CC[C@]12C)C(=O)O. The number of rotatable bonds is 5. The molecule has 4 unspecified atom stereocenters. The minimum absolute atomic E-state index is 0.322. The van der Waals surface area contributed by atoms with Crippen LogP contribution in [0.25, 0.3) is 0 Å². The molecule has 0 bridgehead atoms. The molecule has 154 valence electrons. The van der Waals surface area contributed by atoms with Gasteiger partial charge in [0.05, 0.1) is 5.41 Å². The number of phenols is 1. The summed E-state index contributed by atoms with van der Waals surface area (Å²) in [5, 5.41) is 23.0. The second kappa shape index (κ2) is 7.05. The second-order valence-corrected chi connectivity index (χ2v) is 10.4. The van der Waals surface area contributed by atoms with Crippen molar-refractivity contribution < 1.29 is 15.0 Å². The van der Waals surface area contributed by atoms with Crippen molar-refractivity contribution in [3.05, 3.63) is 29.3 Å². The quantitative estimate of drug-likeness (QED) is 0.687. The maximum absolute atomic E-state index is 11.4. The van der Waals surface area contributed by atoms with E-state index in [0.29, 0.717) is 29.5 Å². The van der Waals surface area contributed by atoms with Crippen molar-refractivity contribution in [2.75, 3.05) is 6.54 Å². The lowest BCUT2D eigenvalue weighted by atomic mass is 9.55. The summed E-state index contributed by atoms with van der Waals surface area (Å²) in [5.41, 5.74) is 2.50. The van der Waals surface area contributed by atoms with E-state index in [2.05, 4.69) is 18.3 Å². The number of aromatic hydroxyl groups is 1. The summed E-state index contributed by atoms with van der Waals surface area (Å²) < 4.78 is 0. The molecule has 0 heterocycles. The van der Waals surface area contributed by atoms with Gasteiger partial charge in [0.25, 0.3) is 0 Å². The molecule has 2 saturated carbocycles. The third kappa shape index (κ3) is 3.24. The summed E-state index contributed by atoms with van der Waals surface area (Å²) in [7, 11) is 0. The number of carbonyl (C=O) groups is 1. The standard InChI is InChI=1S/C24H35NO3/c1-23(2,22(27)28)12-13-25-21-9-8-20-19-6-4-15-14-16(26)5-7-17(15)18(19)10-11-24(20,21)3/h5,7,14,18-21,25-26H,4,6,8-13H2,1-3H3,(H,27,28)/t18?,19?,20?,21?,24-/m0/s1. The van der Waals surface area contributed by atoms with Crippen molar-refractivity contribution in [1.82, 2.24) is 5.32 Å². The first-order valence-electron chi connectivity index (χ1n) is 11.0. The van der Waals surface area contributed by atoms with Gasteiger partial charge < -0.3 is 15.5 Å². The van der Waals surface area contributed by atoms with Crippen LogP contribution in [0.2, 0.25) is 0 Å². The molecule has 3 N–H and O–H groups in total. The lowest BCUT2D eigenvalue weighted by Crippen LogP contribution is -2.49. The van der Waals surface area contributed by atoms with Gasteiger partial charge in [0.15, 0.2) is 0 Å². The molecule has 0 amide bonds. The van der Waals surface area contributed by atoms with Gasteiger partial charge in [0.2, 0.25) is 0 Å². The Kier molecular flexibility index (Phi) is 4.97. The fourth-order valence-electron chi connectivity index (χ4n) is 6.57. The first-order chi connectivity index (χ1) is 13.2. The molecule has 4 rings (SSSR count). The smallest absolute Gasteiger partial charge is 0.309 e.